The lowest BCUT2D eigenvalue weighted by atomic mass is 9.95. The molecule has 0 heterocycles. The fourth-order valence-electron chi connectivity index (χ4n) is 3.41. The summed E-state index contributed by atoms with van der Waals surface area (Å²) < 4.78 is 10.6. The Labute approximate surface area is 157 Å². The highest BCUT2D eigenvalue weighted by Crippen LogP contribution is 2.29. The second-order valence-electron chi connectivity index (χ2n) is 6.87. The molecule has 2 rings (SSSR count). The van der Waals surface area contributed by atoms with Gasteiger partial charge in [-0.25, -0.2) is 4.79 Å². The summed E-state index contributed by atoms with van der Waals surface area (Å²) >= 11 is 0. The van der Waals surface area contributed by atoms with E-state index < -0.39 is 0 Å². The summed E-state index contributed by atoms with van der Waals surface area (Å²) in [6.07, 6.45) is 7.55. The van der Waals surface area contributed by atoms with E-state index in [2.05, 4.69) is 16.0 Å². The third kappa shape index (κ3) is 6.41. The van der Waals surface area contributed by atoms with Gasteiger partial charge in [0, 0.05) is 18.2 Å². The van der Waals surface area contributed by atoms with Gasteiger partial charge in [0.15, 0.2) is 0 Å². The van der Waals surface area contributed by atoms with Crippen LogP contribution in [0.5, 0.6) is 11.5 Å². The van der Waals surface area contributed by atoms with Gasteiger partial charge in [-0.15, -0.1) is 0 Å². The Morgan fingerprint density at radius 2 is 1.92 bits per heavy atom. The fourth-order valence-corrected chi connectivity index (χ4v) is 3.41. The standard InChI is InChI=1S/C20H33N3O3/c1-15(18-14-17(25-2)10-11-19(18)26-3)23-20(24)22-13-7-12-21-16-8-5-4-6-9-16/h10-11,14-16,21H,4-9,12-13H2,1-3H3,(H2,22,23,24). The third-order valence-electron chi connectivity index (χ3n) is 4.93. The fraction of sp³-hybridized carbons (Fsp3) is 0.650. The molecule has 1 aromatic rings. The van der Waals surface area contributed by atoms with E-state index >= 15 is 0 Å². The number of hydrogen-bond acceptors (Lipinski definition) is 4. The Bertz CT molecular complexity index is 559. The largest absolute Gasteiger partial charge is 0.497 e. The zero-order valence-electron chi connectivity index (χ0n) is 16.3. The number of ether oxygens (including phenoxy) is 2. The Morgan fingerprint density at radius 3 is 2.62 bits per heavy atom. The summed E-state index contributed by atoms with van der Waals surface area (Å²) in [5.41, 5.74) is 0.890. The third-order valence-corrected chi connectivity index (χ3v) is 4.93. The van der Waals surface area contributed by atoms with Gasteiger partial charge in [-0.3, -0.25) is 0 Å². The van der Waals surface area contributed by atoms with Crippen molar-refractivity contribution in [1.82, 2.24) is 16.0 Å². The van der Waals surface area contributed by atoms with Gasteiger partial charge in [0.1, 0.15) is 11.5 Å². The average Bonchev–Trinajstić information content (AvgIpc) is 2.67. The molecular weight excluding hydrogens is 330 g/mol. The monoisotopic (exact) mass is 363 g/mol. The van der Waals surface area contributed by atoms with Crippen molar-refractivity contribution in [2.75, 3.05) is 27.3 Å². The second kappa shape index (κ2) is 10.9. The second-order valence-corrected chi connectivity index (χ2v) is 6.87. The van der Waals surface area contributed by atoms with Crippen LogP contribution in [0.4, 0.5) is 4.79 Å². The molecule has 0 aliphatic heterocycles. The minimum Gasteiger partial charge on any atom is -0.497 e. The first kappa shape index (κ1) is 20.4. The molecule has 1 aromatic carbocycles. The molecular formula is C20H33N3O3. The molecule has 0 radical (unpaired) electrons. The summed E-state index contributed by atoms with van der Waals surface area (Å²) in [7, 11) is 3.25. The molecule has 1 atom stereocenters. The molecule has 1 aliphatic carbocycles. The quantitative estimate of drug-likeness (QED) is 0.588. The van der Waals surface area contributed by atoms with Gasteiger partial charge >= 0.3 is 6.03 Å². The molecule has 1 saturated carbocycles. The number of benzene rings is 1. The van der Waals surface area contributed by atoms with Gasteiger partial charge in [0.25, 0.3) is 0 Å². The molecule has 146 valence electrons. The summed E-state index contributed by atoms with van der Waals surface area (Å²) in [6, 6.07) is 5.90. The molecule has 6 heteroatoms. The van der Waals surface area contributed by atoms with E-state index in [9.17, 15) is 4.79 Å². The van der Waals surface area contributed by atoms with Crippen LogP contribution in [0.15, 0.2) is 18.2 Å². The zero-order valence-corrected chi connectivity index (χ0v) is 16.3. The van der Waals surface area contributed by atoms with Gasteiger partial charge in [-0.05, 0) is 50.9 Å². The van der Waals surface area contributed by atoms with E-state index in [0.717, 1.165) is 30.0 Å². The topological polar surface area (TPSA) is 71.6 Å². The van der Waals surface area contributed by atoms with Crippen LogP contribution >= 0.6 is 0 Å². The summed E-state index contributed by atoms with van der Waals surface area (Å²) in [6.45, 7) is 3.54. The van der Waals surface area contributed by atoms with Crippen molar-refractivity contribution in [3.63, 3.8) is 0 Å². The van der Waals surface area contributed by atoms with Crippen molar-refractivity contribution in [3.05, 3.63) is 23.8 Å². The summed E-state index contributed by atoms with van der Waals surface area (Å²) in [4.78, 5) is 12.1. The number of urea groups is 1. The van der Waals surface area contributed by atoms with E-state index in [1.54, 1.807) is 14.2 Å². The molecule has 6 nitrogen and oxygen atoms in total. The lowest BCUT2D eigenvalue weighted by Crippen LogP contribution is -2.39. The Kier molecular flexibility index (Phi) is 8.54. The van der Waals surface area contributed by atoms with Crippen molar-refractivity contribution in [2.45, 2.75) is 57.5 Å². The van der Waals surface area contributed by atoms with Crippen molar-refractivity contribution >= 4 is 6.03 Å². The molecule has 1 unspecified atom stereocenters. The Hall–Kier alpha value is -1.95. The van der Waals surface area contributed by atoms with Gasteiger partial charge < -0.3 is 25.4 Å². The van der Waals surface area contributed by atoms with Crippen molar-refractivity contribution < 1.29 is 14.3 Å². The molecule has 26 heavy (non-hydrogen) atoms. The van der Waals surface area contributed by atoms with Gasteiger partial charge in [-0.1, -0.05) is 19.3 Å². The number of carbonyl (C=O) groups is 1. The highest BCUT2D eigenvalue weighted by atomic mass is 16.5. The van der Waals surface area contributed by atoms with Crippen LogP contribution < -0.4 is 25.4 Å². The van der Waals surface area contributed by atoms with E-state index in [0.29, 0.717) is 12.6 Å². The van der Waals surface area contributed by atoms with Crippen molar-refractivity contribution in [3.8, 4) is 11.5 Å². The summed E-state index contributed by atoms with van der Waals surface area (Å²) in [5, 5.41) is 9.47. The number of nitrogens with one attached hydrogen (secondary N) is 3. The molecule has 1 aliphatic rings. The van der Waals surface area contributed by atoms with E-state index in [1.807, 2.05) is 25.1 Å². The minimum atomic E-state index is -0.180. The predicted octanol–water partition coefficient (Wildman–Crippen LogP) is 3.38. The first-order valence-corrected chi connectivity index (χ1v) is 9.63. The molecule has 0 bridgehead atoms. The number of hydrogen-bond donors (Lipinski definition) is 3. The van der Waals surface area contributed by atoms with Gasteiger partial charge in [-0.2, -0.15) is 0 Å². The maximum Gasteiger partial charge on any atom is 0.315 e. The SMILES string of the molecule is COc1ccc(OC)c(C(C)NC(=O)NCCCNC2CCCCC2)c1. The maximum atomic E-state index is 12.1. The van der Waals surface area contributed by atoms with Crippen LogP contribution in [0.25, 0.3) is 0 Å². The van der Waals surface area contributed by atoms with E-state index in [-0.39, 0.29) is 12.1 Å². The number of methoxy groups -OCH3 is 2. The minimum absolute atomic E-state index is 0.167. The van der Waals surface area contributed by atoms with Gasteiger partial charge in [0.05, 0.1) is 20.3 Å². The molecule has 2 amide bonds. The summed E-state index contributed by atoms with van der Waals surface area (Å²) in [5.74, 6) is 1.47. The highest BCUT2D eigenvalue weighted by Gasteiger charge is 2.15. The first-order chi connectivity index (χ1) is 12.6. The van der Waals surface area contributed by atoms with Crippen LogP contribution in [0.1, 0.15) is 57.1 Å². The Morgan fingerprint density at radius 1 is 1.15 bits per heavy atom. The number of amides is 2. The highest BCUT2D eigenvalue weighted by molar-refractivity contribution is 5.74. The molecule has 0 saturated heterocycles. The number of rotatable bonds is 9. The molecule has 1 fully saturated rings. The van der Waals surface area contributed by atoms with Crippen molar-refractivity contribution in [2.24, 2.45) is 0 Å². The molecule has 0 spiro atoms. The zero-order chi connectivity index (χ0) is 18.8. The van der Waals surface area contributed by atoms with E-state index in [4.69, 9.17) is 9.47 Å². The lowest BCUT2D eigenvalue weighted by Gasteiger charge is -2.23. The van der Waals surface area contributed by atoms with Crippen LogP contribution in [0, 0.1) is 0 Å². The normalized spacial score (nSPS) is 16.0. The first-order valence-electron chi connectivity index (χ1n) is 9.63. The van der Waals surface area contributed by atoms with E-state index in [1.165, 1.54) is 32.1 Å². The molecule has 3 N–H and O–H groups in total. The van der Waals surface area contributed by atoms with Crippen LogP contribution in [0.2, 0.25) is 0 Å². The van der Waals surface area contributed by atoms with Crippen LogP contribution in [-0.4, -0.2) is 39.4 Å². The average molecular weight is 364 g/mol. The van der Waals surface area contributed by atoms with Crippen LogP contribution in [0.3, 0.4) is 0 Å². The predicted molar refractivity (Wildman–Crippen MR) is 104 cm³/mol. The van der Waals surface area contributed by atoms with Crippen molar-refractivity contribution in [1.29, 1.82) is 0 Å². The lowest BCUT2D eigenvalue weighted by molar-refractivity contribution is 0.237. The smallest absolute Gasteiger partial charge is 0.315 e. The Balaban J connectivity index is 1.70. The maximum absolute atomic E-state index is 12.1. The molecule has 0 aromatic heterocycles. The number of carbonyl (C=O) groups excluding carboxylic acids is 1. The van der Waals surface area contributed by atoms with Crippen LogP contribution in [-0.2, 0) is 0 Å². The van der Waals surface area contributed by atoms with Gasteiger partial charge in [0.2, 0.25) is 0 Å².